The van der Waals surface area contributed by atoms with Crippen LogP contribution in [-0.2, 0) is 0 Å². The highest BCUT2D eigenvalue weighted by Gasteiger charge is 2.10. The predicted octanol–water partition coefficient (Wildman–Crippen LogP) is 3.76. The fourth-order valence-electron chi connectivity index (χ4n) is 1.64. The van der Waals surface area contributed by atoms with Gasteiger partial charge < -0.3 is 9.64 Å². The summed E-state index contributed by atoms with van der Waals surface area (Å²) in [7, 11) is 3.65. The molecule has 2 rings (SSSR count). The van der Waals surface area contributed by atoms with Crippen LogP contribution in [0, 0.1) is 13.8 Å². The summed E-state index contributed by atoms with van der Waals surface area (Å²) < 4.78 is 6.74. The van der Waals surface area contributed by atoms with E-state index in [2.05, 4.69) is 30.9 Å². The number of nitrogens with zero attached hydrogens (tertiary/aromatic N) is 4. The molecular formula is C13H14BrClN4O. The van der Waals surface area contributed by atoms with Gasteiger partial charge in [0.15, 0.2) is 0 Å². The second-order valence-electron chi connectivity index (χ2n) is 4.55. The number of aryl methyl sites for hydroxylation is 2. The molecule has 0 fully saturated rings. The zero-order valence-corrected chi connectivity index (χ0v) is 13.9. The Morgan fingerprint density at radius 1 is 1.10 bits per heavy atom. The molecule has 1 heterocycles. The third-order valence-electron chi connectivity index (χ3n) is 2.59. The average Bonchev–Trinajstić information content (AvgIpc) is 2.35. The van der Waals surface area contributed by atoms with Crippen LogP contribution in [0.5, 0.6) is 11.8 Å². The van der Waals surface area contributed by atoms with E-state index in [0.29, 0.717) is 11.7 Å². The first-order valence-electron chi connectivity index (χ1n) is 5.90. The molecule has 0 atom stereocenters. The molecule has 0 bridgehead atoms. The maximum atomic E-state index is 5.87. The first-order valence-corrected chi connectivity index (χ1v) is 7.07. The molecule has 5 nitrogen and oxygen atoms in total. The summed E-state index contributed by atoms with van der Waals surface area (Å²) in [6, 6.07) is 3.99. The van der Waals surface area contributed by atoms with Crippen molar-refractivity contribution in [3.05, 3.63) is 33.0 Å². The lowest BCUT2D eigenvalue weighted by Gasteiger charge is -2.12. The van der Waals surface area contributed by atoms with Crippen LogP contribution in [0.3, 0.4) is 0 Å². The van der Waals surface area contributed by atoms with E-state index in [4.69, 9.17) is 16.3 Å². The van der Waals surface area contributed by atoms with Gasteiger partial charge in [0.1, 0.15) is 5.75 Å². The Bertz CT molecular complexity index is 625. The summed E-state index contributed by atoms with van der Waals surface area (Å²) in [5, 5.41) is 0.101. The number of hydrogen-bond acceptors (Lipinski definition) is 5. The summed E-state index contributed by atoms with van der Waals surface area (Å²) in [5.74, 6) is 1.11. The highest BCUT2D eigenvalue weighted by Crippen LogP contribution is 2.28. The maximum Gasteiger partial charge on any atom is 0.328 e. The molecule has 0 aliphatic rings. The number of hydrogen-bond donors (Lipinski definition) is 0. The number of aromatic nitrogens is 3. The van der Waals surface area contributed by atoms with Crippen LogP contribution in [0.1, 0.15) is 11.1 Å². The molecular weight excluding hydrogens is 344 g/mol. The van der Waals surface area contributed by atoms with E-state index in [-0.39, 0.29) is 11.3 Å². The van der Waals surface area contributed by atoms with E-state index in [1.165, 1.54) is 0 Å². The SMILES string of the molecule is Cc1cc(Oc2nc(Cl)nc(N(C)C)n2)cc(C)c1Br. The minimum atomic E-state index is 0.101. The van der Waals surface area contributed by atoms with Crippen LogP contribution in [0.2, 0.25) is 5.28 Å². The fraction of sp³-hybridized carbons (Fsp3) is 0.308. The molecule has 0 saturated heterocycles. The van der Waals surface area contributed by atoms with Gasteiger partial charge in [-0.3, -0.25) is 0 Å². The number of anilines is 1. The normalized spacial score (nSPS) is 10.5. The van der Waals surface area contributed by atoms with Crippen molar-refractivity contribution >= 4 is 33.5 Å². The fourth-order valence-corrected chi connectivity index (χ4v) is 2.01. The van der Waals surface area contributed by atoms with Gasteiger partial charge in [-0.15, -0.1) is 0 Å². The Kier molecular flexibility index (Phi) is 4.45. The summed E-state index contributed by atoms with van der Waals surface area (Å²) >= 11 is 9.39. The minimum Gasteiger partial charge on any atom is -0.424 e. The van der Waals surface area contributed by atoms with Crippen molar-refractivity contribution < 1.29 is 4.74 Å². The third kappa shape index (κ3) is 3.37. The van der Waals surface area contributed by atoms with Gasteiger partial charge in [0.05, 0.1) is 0 Å². The van der Waals surface area contributed by atoms with Gasteiger partial charge in [0.2, 0.25) is 11.2 Å². The zero-order valence-electron chi connectivity index (χ0n) is 11.6. The van der Waals surface area contributed by atoms with E-state index in [1.807, 2.05) is 40.1 Å². The summed E-state index contributed by atoms with van der Waals surface area (Å²) in [6.07, 6.45) is 0. The number of halogens is 2. The minimum absolute atomic E-state index is 0.101. The van der Waals surface area contributed by atoms with Crippen LogP contribution in [0.15, 0.2) is 16.6 Å². The molecule has 1 aromatic heterocycles. The Balaban J connectivity index is 2.35. The molecule has 0 aliphatic carbocycles. The molecule has 0 unspecified atom stereocenters. The Labute approximate surface area is 131 Å². The lowest BCUT2D eigenvalue weighted by atomic mass is 10.1. The van der Waals surface area contributed by atoms with Crippen molar-refractivity contribution in [2.75, 3.05) is 19.0 Å². The van der Waals surface area contributed by atoms with Crippen molar-refractivity contribution in [2.24, 2.45) is 0 Å². The molecule has 7 heteroatoms. The van der Waals surface area contributed by atoms with Crippen LogP contribution < -0.4 is 9.64 Å². The van der Waals surface area contributed by atoms with Crippen molar-refractivity contribution in [3.63, 3.8) is 0 Å². The summed E-state index contributed by atoms with van der Waals surface area (Å²) in [6.45, 7) is 3.99. The van der Waals surface area contributed by atoms with E-state index < -0.39 is 0 Å². The van der Waals surface area contributed by atoms with Gasteiger partial charge in [0, 0.05) is 18.6 Å². The van der Waals surface area contributed by atoms with Crippen LogP contribution in [0.4, 0.5) is 5.95 Å². The Hall–Kier alpha value is -1.40. The summed E-state index contributed by atoms with van der Waals surface area (Å²) in [4.78, 5) is 13.9. The van der Waals surface area contributed by atoms with Crippen molar-refractivity contribution in [3.8, 4) is 11.8 Å². The lowest BCUT2D eigenvalue weighted by Crippen LogP contribution is -2.13. The third-order valence-corrected chi connectivity index (χ3v) is 4.01. The van der Waals surface area contributed by atoms with Gasteiger partial charge in [-0.05, 0) is 48.7 Å². The molecule has 0 aliphatic heterocycles. The van der Waals surface area contributed by atoms with E-state index in [9.17, 15) is 0 Å². The molecule has 0 spiro atoms. The van der Waals surface area contributed by atoms with Gasteiger partial charge >= 0.3 is 6.01 Å². The Morgan fingerprint density at radius 3 is 2.25 bits per heavy atom. The van der Waals surface area contributed by atoms with Gasteiger partial charge in [-0.2, -0.15) is 15.0 Å². The van der Waals surface area contributed by atoms with Gasteiger partial charge in [0.25, 0.3) is 0 Å². The standard InChI is InChI=1S/C13H14BrClN4O/c1-7-5-9(6-8(2)10(7)14)20-13-17-11(15)16-12(18-13)19(3)4/h5-6H,1-4H3. The molecule has 2 aromatic rings. The van der Waals surface area contributed by atoms with Crippen molar-refractivity contribution in [1.82, 2.24) is 15.0 Å². The number of rotatable bonds is 3. The first kappa shape index (κ1) is 15.0. The predicted molar refractivity (Wildman–Crippen MR) is 82.9 cm³/mol. The zero-order chi connectivity index (χ0) is 14.9. The molecule has 0 amide bonds. The highest BCUT2D eigenvalue weighted by molar-refractivity contribution is 9.10. The Morgan fingerprint density at radius 2 is 1.70 bits per heavy atom. The summed E-state index contributed by atoms with van der Waals surface area (Å²) in [5.41, 5.74) is 2.15. The van der Waals surface area contributed by atoms with E-state index >= 15 is 0 Å². The smallest absolute Gasteiger partial charge is 0.328 e. The quantitative estimate of drug-likeness (QED) is 0.837. The monoisotopic (exact) mass is 356 g/mol. The van der Waals surface area contributed by atoms with Gasteiger partial charge in [-0.25, -0.2) is 0 Å². The second kappa shape index (κ2) is 5.93. The van der Waals surface area contributed by atoms with Crippen LogP contribution in [-0.4, -0.2) is 29.0 Å². The van der Waals surface area contributed by atoms with Crippen molar-refractivity contribution in [1.29, 1.82) is 0 Å². The molecule has 0 saturated carbocycles. The average molecular weight is 358 g/mol. The van der Waals surface area contributed by atoms with Crippen molar-refractivity contribution in [2.45, 2.75) is 13.8 Å². The molecule has 0 N–H and O–H groups in total. The topological polar surface area (TPSA) is 51.1 Å². The van der Waals surface area contributed by atoms with E-state index in [1.54, 1.807) is 4.90 Å². The molecule has 106 valence electrons. The molecule has 20 heavy (non-hydrogen) atoms. The van der Waals surface area contributed by atoms with E-state index in [0.717, 1.165) is 15.6 Å². The maximum absolute atomic E-state index is 5.87. The number of ether oxygens (including phenoxy) is 1. The second-order valence-corrected chi connectivity index (χ2v) is 5.69. The number of benzene rings is 1. The molecule has 0 radical (unpaired) electrons. The largest absolute Gasteiger partial charge is 0.424 e. The lowest BCUT2D eigenvalue weighted by molar-refractivity contribution is 0.439. The first-order chi connectivity index (χ1) is 9.36. The molecule has 1 aromatic carbocycles. The van der Waals surface area contributed by atoms with Crippen LogP contribution in [0.25, 0.3) is 0 Å². The van der Waals surface area contributed by atoms with Gasteiger partial charge in [-0.1, -0.05) is 15.9 Å². The van der Waals surface area contributed by atoms with Crippen LogP contribution >= 0.6 is 27.5 Å². The highest BCUT2D eigenvalue weighted by atomic mass is 79.9.